The van der Waals surface area contributed by atoms with Crippen LogP contribution in [0.1, 0.15) is 24.2 Å². The molecule has 18 heavy (non-hydrogen) atoms. The van der Waals surface area contributed by atoms with Crippen LogP contribution < -0.4 is 0 Å². The number of hydrogen-bond donors (Lipinski definition) is 0. The second-order valence-electron chi connectivity index (χ2n) is 4.39. The molecule has 0 atom stereocenters. The lowest BCUT2D eigenvalue weighted by molar-refractivity contribution is 0.603. The standard InChI is InChI=1S/C13H9Cl2FN2/c14-10-9(16)11(15)18-12(17-10)13(6-7-13)8-4-2-1-3-5-8/h1-5H,6-7H2. The second-order valence-corrected chi connectivity index (χ2v) is 5.11. The molecule has 2 nitrogen and oxygen atoms in total. The quantitative estimate of drug-likeness (QED) is 0.778. The molecule has 1 aliphatic rings. The summed E-state index contributed by atoms with van der Waals surface area (Å²) in [6, 6.07) is 9.90. The highest BCUT2D eigenvalue weighted by molar-refractivity contribution is 6.33. The van der Waals surface area contributed by atoms with Crippen LogP contribution in [0.2, 0.25) is 10.3 Å². The van der Waals surface area contributed by atoms with Crippen molar-refractivity contribution in [2.45, 2.75) is 18.3 Å². The lowest BCUT2D eigenvalue weighted by Crippen LogP contribution is -2.14. The maximum Gasteiger partial charge on any atom is 0.197 e. The number of nitrogens with zero attached hydrogens (tertiary/aromatic N) is 2. The number of rotatable bonds is 2. The number of hydrogen-bond acceptors (Lipinski definition) is 2. The Balaban J connectivity index is 2.11. The number of halogens is 3. The molecule has 1 fully saturated rings. The predicted octanol–water partition coefficient (Wildman–Crippen LogP) is 4.00. The van der Waals surface area contributed by atoms with E-state index in [2.05, 4.69) is 9.97 Å². The molecular weight excluding hydrogens is 274 g/mol. The molecule has 0 spiro atoms. The van der Waals surface area contributed by atoms with Gasteiger partial charge in [-0.05, 0) is 18.4 Å². The first-order valence-electron chi connectivity index (χ1n) is 5.58. The van der Waals surface area contributed by atoms with Gasteiger partial charge in [0.25, 0.3) is 0 Å². The van der Waals surface area contributed by atoms with Crippen LogP contribution in [0.25, 0.3) is 0 Å². The van der Waals surface area contributed by atoms with Crippen molar-refractivity contribution in [3.8, 4) is 0 Å². The summed E-state index contributed by atoms with van der Waals surface area (Å²) in [5.74, 6) is -0.254. The molecule has 1 saturated carbocycles. The summed E-state index contributed by atoms with van der Waals surface area (Å²) in [5, 5.41) is -0.431. The van der Waals surface area contributed by atoms with Gasteiger partial charge in [-0.3, -0.25) is 0 Å². The third-order valence-electron chi connectivity index (χ3n) is 3.27. The van der Waals surface area contributed by atoms with E-state index in [1.54, 1.807) is 0 Å². The van der Waals surface area contributed by atoms with E-state index in [4.69, 9.17) is 23.2 Å². The average molecular weight is 283 g/mol. The third-order valence-corrected chi connectivity index (χ3v) is 3.78. The molecule has 0 unspecified atom stereocenters. The molecule has 0 N–H and O–H groups in total. The maximum atomic E-state index is 13.3. The van der Waals surface area contributed by atoms with Crippen molar-refractivity contribution in [1.82, 2.24) is 9.97 Å². The number of aromatic nitrogens is 2. The SMILES string of the molecule is Fc1c(Cl)nc(C2(c3ccccc3)CC2)nc1Cl. The van der Waals surface area contributed by atoms with Crippen LogP contribution in [0, 0.1) is 5.82 Å². The Morgan fingerprint density at radius 2 is 1.56 bits per heavy atom. The van der Waals surface area contributed by atoms with Crippen LogP contribution in [0.3, 0.4) is 0 Å². The zero-order chi connectivity index (χ0) is 12.8. The zero-order valence-corrected chi connectivity index (χ0v) is 10.8. The van der Waals surface area contributed by atoms with Gasteiger partial charge in [0.15, 0.2) is 16.1 Å². The van der Waals surface area contributed by atoms with Crippen LogP contribution >= 0.6 is 23.2 Å². The molecule has 0 radical (unpaired) electrons. The molecule has 2 aromatic rings. The van der Waals surface area contributed by atoms with E-state index in [1.807, 2.05) is 30.3 Å². The van der Waals surface area contributed by atoms with Gasteiger partial charge in [-0.25, -0.2) is 14.4 Å². The van der Waals surface area contributed by atoms with Gasteiger partial charge in [-0.1, -0.05) is 53.5 Å². The summed E-state index contributed by atoms with van der Waals surface area (Å²) >= 11 is 11.5. The van der Waals surface area contributed by atoms with Gasteiger partial charge < -0.3 is 0 Å². The molecule has 92 valence electrons. The normalized spacial score (nSPS) is 16.6. The van der Waals surface area contributed by atoms with Gasteiger partial charge in [0.1, 0.15) is 5.82 Å². The molecule has 0 bridgehead atoms. The lowest BCUT2D eigenvalue weighted by Gasteiger charge is -2.14. The van der Waals surface area contributed by atoms with Crippen molar-refractivity contribution in [1.29, 1.82) is 0 Å². The smallest absolute Gasteiger partial charge is 0.197 e. The lowest BCUT2D eigenvalue weighted by atomic mass is 9.95. The minimum atomic E-state index is -0.758. The largest absolute Gasteiger partial charge is 0.217 e. The van der Waals surface area contributed by atoms with E-state index in [1.165, 1.54) is 0 Å². The van der Waals surface area contributed by atoms with E-state index in [0.29, 0.717) is 5.82 Å². The third kappa shape index (κ3) is 1.78. The van der Waals surface area contributed by atoms with Gasteiger partial charge in [-0.2, -0.15) is 0 Å². The Hall–Kier alpha value is -1.19. The summed E-state index contributed by atoms with van der Waals surface area (Å²) in [5.41, 5.74) is 0.867. The van der Waals surface area contributed by atoms with Crippen molar-refractivity contribution in [2.75, 3.05) is 0 Å². The second kappa shape index (κ2) is 4.18. The average Bonchev–Trinajstić information content (AvgIpc) is 3.18. The molecule has 1 aromatic heterocycles. The first kappa shape index (κ1) is 11.9. The maximum absolute atomic E-state index is 13.3. The van der Waals surface area contributed by atoms with Gasteiger partial charge in [-0.15, -0.1) is 0 Å². The zero-order valence-electron chi connectivity index (χ0n) is 9.33. The van der Waals surface area contributed by atoms with Crippen molar-refractivity contribution in [3.05, 3.63) is 57.8 Å². The van der Waals surface area contributed by atoms with Crippen LogP contribution in [-0.2, 0) is 5.41 Å². The van der Waals surface area contributed by atoms with Crippen molar-refractivity contribution in [2.24, 2.45) is 0 Å². The van der Waals surface area contributed by atoms with E-state index in [0.717, 1.165) is 18.4 Å². The predicted molar refractivity (Wildman–Crippen MR) is 68.5 cm³/mol. The highest BCUT2D eigenvalue weighted by Crippen LogP contribution is 2.52. The van der Waals surface area contributed by atoms with E-state index >= 15 is 0 Å². The monoisotopic (exact) mass is 282 g/mol. The molecule has 0 saturated heterocycles. The highest BCUT2D eigenvalue weighted by atomic mass is 35.5. The molecule has 0 amide bonds. The van der Waals surface area contributed by atoms with Crippen LogP contribution in [0.5, 0.6) is 0 Å². The van der Waals surface area contributed by atoms with E-state index < -0.39 is 5.82 Å². The fourth-order valence-corrected chi connectivity index (χ4v) is 2.52. The summed E-state index contributed by atoms with van der Waals surface area (Å²) in [6.07, 6.45) is 1.85. The minimum absolute atomic E-state index is 0.216. The molecule has 5 heteroatoms. The molecule has 0 aliphatic heterocycles. The summed E-state index contributed by atoms with van der Waals surface area (Å²) < 4.78 is 13.3. The van der Waals surface area contributed by atoms with Gasteiger partial charge in [0.2, 0.25) is 0 Å². The Bertz CT molecular complexity index is 574. The van der Waals surface area contributed by atoms with Gasteiger partial charge >= 0.3 is 0 Å². The Kier molecular flexibility index (Phi) is 2.76. The van der Waals surface area contributed by atoms with E-state index in [9.17, 15) is 4.39 Å². The van der Waals surface area contributed by atoms with Crippen molar-refractivity contribution < 1.29 is 4.39 Å². The summed E-state index contributed by atoms with van der Waals surface area (Å²) in [6.45, 7) is 0. The number of benzene rings is 1. The fraction of sp³-hybridized carbons (Fsp3) is 0.231. The Morgan fingerprint density at radius 3 is 2.06 bits per heavy atom. The fourth-order valence-electron chi connectivity index (χ4n) is 2.13. The van der Waals surface area contributed by atoms with Gasteiger partial charge in [0.05, 0.1) is 5.41 Å². The first-order chi connectivity index (χ1) is 8.63. The Labute approximate surface area is 114 Å². The molecule has 3 rings (SSSR count). The molecule has 1 heterocycles. The van der Waals surface area contributed by atoms with Crippen molar-refractivity contribution >= 4 is 23.2 Å². The topological polar surface area (TPSA) is 25.8 Å². The van der Waals surface area contributed by atoms with Gasteiger partial charge in [0, 0.05) is 0 Å². The highest BCUT2D eigenvalue weighted by Gasteiger charge is 2.49. The molecular formula is C13H9Cl2FN2. The van der Waals surface area contributed by atoms with Crippen LogP contribution in [0.15, 0.2) is 30.3 Å². The van der Waals surface area contributed by atoms with E-state index in [-0.39, 0.29) is 15.7 Å². The van der Waals surface area contributed by atoms with Crippen LogP contribution in [0.4, 0.5) is 4.39 Å². The molecule has 1 aromatic carbocycles. The molecule has 1 aliphatic carbocycles. The summed E-state index contributed by atoms with van der Waals surface area (Å²) in [7, 11) is 0. The van der Waals surface area contributed by atoms with Crippen molar-refractivity contribution in [3.63, 3.8) is 0 Å². The summed E-state index contributed by atoms with van der Waals surface area (Å²) in [4.78, 5) is 8.08. The minimum Gasteiger partial charge on any atom is -0.217 e. The van der Waals surface area contributed by atoms with Crippen LogP contribution in [-0.4, -0.2) is 9.97 Å². The Morgan fingerprint density at radius 1 is 1.00 bits per heavy atom. The first-order valence-corrected chi connectivity index (χ1v) is 6.34.